The lowest BCUT2D eigenvalue weighted by atomic mass is 9.95. The summed E-state index contributed by atoms with van der Waals surface area (Å²) in [6.07, 6.45) is 1.16. The first kappa shape index (κ1) is 20.8. The molecule has 0 bridgehead atoms. The van der Waals surface area contributed by atoms with E-state index in [1.165, 1.54) is 12.1 Å². The van der Waals surface area contributed by atoms with E-state index in [1.54, 1.807) is 32.9 Å². The largest absolute Gasteiger partial charge is 0.456 e. The van der Waals surface area contributed by atoms with Crippen LogP contribution in [0.5, 0.6) is 0 Å². The molecular weight excluding hydrogens is 366 g/mol. The third-order valence-electron chi connectivity index (χ3n) is 3.71. The number of benzene rings is 1. The Hall–Kier alpha value is -3.49. The van der Waals surface area contributed by atoms with Crippen LogP contribution in [-0.2, 0) is 20.9 Å². The van der Waals surface area contributed by atoms with Crippen LogP contribution >= 0.6 is 0 Å². The Morgan fingerprint density at radius 2 is 1.71 bits per heavy atom. The van der Waals surface area contributed by atoms with E-state index in [9.17, 15) is 24.0 Å². The summed E-state index contributed by atoms with van der Waals surface area (Å²) in [5.74, 6) is -1.38. The summed E-state index contributed by atoms with van der Waals surface area (Å²) in [7, 11) is 0. The Kier molecular flexibility index (Phi) is 6.29. The molecule has 0 aliphatic heterocycles. The van der Waals surface area contributed by atoms with Crippen LogP contribution < -0.4 is 16.6 Å². The molecule has 9 heteroatoms. The molecule has 1 amide bonds. The number of esters is 1. The number of aromatic nitrogens is 2. The smallest absolute Gasteiger partial charge is 0.328 e. The highest BCUT2D eigenvalue weighted by Crippen LogP contribution is 2.17. The number of nitrogens with zero attached hydrogens (tertiary/aromatic N) is 1. The maximum absolute atomic E-state index is 12.1. The van der Waals surface area contributed by atoms with Gasteiger partial charge in [-0.25, -0.2) is 4.79 Å². The van der Waals surface area contributed by atoms with E-state index < -0.39 is 41.6 Å². The third-order valence-corrected chi connectivity index (χ3v) is 3.71. The molecule has 2 N–H and O–H groups in total. The number of Topliss-reactive ketones (excluding diaryl/α,β-unsaturated/α-hetero) is 1. The first-order valence-electron chi connectivity index (χ1n) is 8.46. The van der Waals surface area contributed by atoms with Gasteiger partial charge in [0.15, 0.2) is 12.4 Å². The molecule has 2 rings (SSSR count). The van der Waals surface area contributed by atoms with Crippen LogP contribution in [0, 0.1) is 5.41 Å². The van der Waals surface area contributed by atoms with Gasteiger partial charge in [0, 0.05) is 28.9 Å². The van der Waals surface area contributed by atoms with Gasteiger partial charge in [0.2, 0.25) is 5.91 Å². The molecule has 1 aromatic carbocycles. The van der Waals surface area contributed by atoms with Crippen LogP contribution in [-0.4, -0.2) is 33.8 Å². The minimum absolute atomic E-state index is 0.155. The number of nitrogens with one attached hydrogen (secondary N) is 2. The highest BCUT2D eigenvalue weighted by atomic mass is 16.5. The molecule has 0 aliphatic rings. The van der Waals surface area contributed by atoms with Crippen molar-refractivity contribution < 1.29 is 19.1 Å². The lowest BCUT2D eigenvalue weighted by molar-refractivity contribution is -0.143. The number of carbonyl (C=O) groups is 3. The van der Waals surface area contributed by atoms with Gasteiger partial charge in [-0.1, -0.05) is 20.8 Å². The van der Waals surface area contributed by atoms with Gasteiger partial charge in [0.1, 0.15) is 6.54 Å². The van der Waals surface area contributed by atoms with Crippen molar-refractivity contribution in [1.29, 1.82) is 0 Å². The van der Waals surface area contributed by atoms with Crippen LogP contribution in [0.1, 0.15) is 31.1 Å². The van der Waals surface area contributed by atoms with Crippen LogP contribution in [0.2, 0.25) is 0 Å². The Labute approximate surface area is 160 Å². The van der Waals surface area contributed by atoms with Crippen molar-refractivity contribution >= 4 is 23.3 Å². The molecule has 0 unspecified atom stereocenters. The van der Waals surface area contributed by atoms with E-state index in [4.69, 9.17) is 4.74 Å². The van der Waals surface area contributed by atoms with Gasteiger partial charge in [-0.15, -0.1) is 0 Å². The first-order valence-corrected chi connectivity index (χ1v) is 8.46. The summed E-state index contributed by atoms with van der Waals surface area (Å²) in [5, 5.41) is 2.74. The summed E-state index contributed by atoms with van der Waals surface area (Å²) < 4.78 is 5.84. The van der Waals surface area contributed by atoms with Gasteiger partial charge in [-0.05, 0) is 24.3 Å². The van der Waals surface area contributed by atoms with Gasteiger partial charge in [-0.2, -0.15) is 0 Å². The lowest BCUT2D eigenvalue weighted by Crippen LogP contribution is -2.31. The molecule has 0 spiro atoms. The van der Waals surface area contributed by atoms with E-state index in [-0.39, 0.29) is 5.91 Å². The Morgan fingerprint density at radius 3 is 2.29 bits per heavy atom. The second kappa shape index (κ2) is 8.47. The maximum Gasteiger partial charge on any atom is 0.328 e. The number of anilines is 1. The Balaban J connectivity index is 1.90. The van der Waals surface area contributed by atoms with Crippen molar-refractivity contribution in [2.75, 3.05) is 11.9 Å². The highest BCUT2D eigenvalue weighted by Gasteiger charge is 2.21. The fourth-order valence-electron chi connectivity index (χ4n) is 2.04. The van der Waals surface area contributed by atoms with E-state index >= 15 is 0 Å². The Morgan fingerprint density at radius 1 is 1.07 bits per heavy atom. The Bertz CT molecular complexity index is 996. The van der Waals surface area contributed by atoms with Gasteiger partial charge in [0.25, 0.3) is 5.56 Å². The van der Waals surface area contributed by atoms with Crippen LogP contribution in [0.3, 0.4) is 0 Å². The quantitative estimate of drug-likeness (QED) is 0.561. The fraction of sp³-hybridized carbons (Fsp3) is 0.316. The molecule has 148 valence electrons. The molecule has 1 heterocycles. The predicted octanol–water partition coefficient (Wildman–Crippen LogP) is 0.947. The minimum Gasteiger partial charge on any atom is -0.456 e. The van der Waals surface area contributed by atoms with Gasteiger partial charge >= 0.3 is 11.7 Å². The average Bonchev–Trinajstić information content (AvgIpc) is 2.62. The molecule has 2 aromatic rings. The molecule has 0 fully saturated rings. The molecule has 0 atom stereocenters. The number of hydrogen-bond acceptors (Lipinski definition) is 6. The summed E-state index contributed by atoms with van der Waals surface area (Å²) >= 11 is 0. The van der Waals surface area contributed by atoms with E-state index in [0.717, 1.165) is 16.8 Å². The van der Waals surface area contributed by atoms with Crippen molar-refractivity contribution in [3.05, 3.63) is 62.9 Å². The summed E-state index contributed by atoms with van der Waals surface area (Å²) in [4.78, 5) is 60.3. The number of H-pyrrole nitrogens is 1. The van der Waals surface area contributed by atoms with Crippen molar-refractivity contribution in [2.24, 2.45) is 5.41 Å². The summed E-state index contributed by atoms with van der Waals surface area (Å²) in [6, 6.07) is 7.29. The summed E-state index contributed by atoms with van der Waals surface area (Å²) in [6.45, 7) is 4.44. The number of ketones is 1. The number of hydrogen-bond donors (Lipinski definition) is 2. The van der Waals surface area contributed by atoms with Gasteiger partial charge < -0.3 is 10.1 Å². The van der Waals surface area contributed by atoms with Crippen molar-refractivity contribution in [3.63, 3.8) is 0 Å². The molecule has 0 saturated carbocycles. The monoisotopic (exact) mass is 387 g/mol. The summed E-state index contributed by atoms with van der Waals surface area (Å²) in [5.41, 5.74) is -1.01. The van der Waals surface area contributed by atoms with Gasteiger partial charge in [-0.3, -0.25) is 28.7 Å². The van der Waals surface area contributed by atoms with E-state index in [1.807, 2.05) is 4.98 Å². The zero-order valence-corrected chi connectivity index (χ0v) is 15.8. The van der Waals surface area contributed by atoms with E-state index in [2.05, 4.69) is 5.32 Å². The van der Waals surface area contributed by atoms with Crippen LogP contribution in [0.25, 0.3) is 0 Å². The SMILES string of the molecule is CC(C)(C)C(=O)Nc1ccc(C(=O)COC(=O)Cn2ccc(=O)[nH]c2=O)cc1. The van der Waals surface area contributed by atoms with Crippen LogP contribution in [0.15, 0.2) is 46.1 Å². The highest BCUT2D eigenvalue weighted by molar-refractivity contribution is 5.99. The zero-order chi connectivity index (χ0) is 20.9. The van der Waals surface area contributed by atoms with E-state index in [0.29, 0.717) is 11.3 Å². The number of aromatic amines is 1. The van der Waals surface area contributed by atoms with Crippen LogP contribution in [0.4, 0.5) is 5.69 Å². The first-order chi connectivity index (χ1) is 13.1. The number of ether oxygens (including phenoxy) is 1. The topological polar surface area (TPSA) is 127 Å². The van der Waals surface area contributed by atoms with Crippen molar-refractivity contribution in [1.82, 2.24) is 9.55 Å². The molecule has 0 radical (unpaired) electrons. The number of rotatable bonds is 6. The zero-order valence-electron chi connectivity index (χ0n) is 15.8. The van der Waals surface area contributed by atoms with Crippen molar-refractivity contribution in [3.8, 4) is 0 Å². The number of carbonyl (C=O) groups excluding carboxylic acids is 3. The molecule has 0 saturated heterocycles. The molecule has 28 heavy (non-hydrogen) atoms. The standard InChI is InChI=1S/C19H21N3O6/c1-19(2,3)17(26)20-13-6-4-12(5-7-13)14(23)11-28-16(25)10-22-9-8-15(24)21-18(22)27/h4-9H,10-11H2,1-3H3,(H,20,26)(H,21,24,27). The molecule has 1 aromatic heterocycles. The van der Waals surface area contributed by atoms with Gasteiger partial charge in [0.05, 0.1) is 0 Å². The third kappa shape index (κ3) is 5.76. The second-order valence-electron chi connectivity index (χ2n) is 7.10. The minimum atomic E-state index is -0.795. The maximum atomic E-state index is 12.1. The fourth-order valence-corrected chi connectivity index (χ4v) is 2.04. The molecule has 0 aliphatic carbocycles. The lowest BCUT2D eigenvalue weighted by Gasteiger charge is -2.17. The molecule has 9 nitrogen and oxygen atoms in total. The predicted molar refractivity (Wildman–Crippen MR) is 101 cm³/mol. The number of amides is 1. The molecular formula is C19H21N3O6. The second-order valence-corrected chi connectivity index (χ2v) is 7.10. The normalized spacial score (nSPS) is 11.0. The van der Waals surface area contributed by atoms with Crippen molar-refractivity contribution in [2.45, 2.75) is 27.3 Å². The average molecular weight is 387 g/mol.